The van der Waals surface area contributed by atoms with Crippen LogP contribution in [-0.4, -0.2) is 36.8 Å². The highest BCUT2D eigenvalue weighted by atomic mass is 16.5. The number of imide groups is 1. The summed E-state index contributed by atoms with van der Waals surface area (Å²) in [6, 6.07) is 19.0. The van der Waals surface area contributed by atoms with Gasteiger partial charge in [-0.15, -0.1) is 0 Å². The minimum absolute atomic E-state index is 0.110. The number of benzene rings is 3. The van der Waals surface area contributed by atoms with Gasteiger partial charge in [0.05, 0.1) is 22.4 Å². The Balaban J connectivity index is 1.31. The summed E-state index contributed by atoms with van der Waals surface area (Å²) < 4.78 is 5.27. The number of hydrogen-bond acceptors (Lipinski definition) is 5. The predicted octanol–water partition coefficient (Wildman–Crippen LogP) is 3.93. The summed E-state index contributed by atoms with van der Waals surface area (Å²) in [6.07, 6.45) is 1.75. The van der Waals surface area contributed by atoms with E-state index in [1.165, 1.54) is 18.2 Å². The zero-order valence-electron chi connectivity index (χ0n) is 18.6. The monoisotopic (exact) mass is 454 g/mol. The first-order valence-corrected chi connectivity index (χ1v) is 11.1. The summed E-state index contributed by atoms with van der Waals surface area (Å²) in [5.74, 6) is -1.97. The van der Waals surface area contributed by atoms with E-state index in [-0.39, 0.29) is 22.6 Å². The van der Waals surface area contributed by atoms with Crippen molar-refractivity contribution in [1.82, 2.24) is 0 Å². The summed E-state index contributed by atoms with van der Waals surface area (Å²) in [6.45, 7) is 1.98. The van der Waals surface area contributed by atoms with E-state index in [4.69, 9.17) is 4.74 Å². The second kappa shape index (κ2) is 8.59. The molecule has 0 unspecified atom stereocenters. The number of ether oxygens (including phenoxy) is 1. The van der Waals surface area contributed by atoms with Crippen LogP contribution in [0.15, 0.2) is 66.7 Å². The molecule has 34 heavy (non-hydrogen) atoms. The van der Waals surface area contributed by atoms with Crippen molar-refractivity contribution < 1.29 is 23.9 Å². The predicted molar refractivity (Wildman–Crippen MR) is 126 cm³/mol. The van der Waals surface area contributed by atoms with Crippen LogP contribution in [-0.2, 0) is 16.0 Å². The number of fused-ring (bicyclic) bond motifs is 2. The summed E-state index contributed by atoms with van der Waals surface area (Å²) in [7, 11) is 0. The maximum absolute atomic E-state index is 13.0. The zero-order valence-corrected chi connectivity index (χ0v) is 18.6. The number of hydrogen-bond donors (Lipinski definition) is 0. The molecule has 0 N–H and O–H groups in total. The van der Waals surface area contributed by atoms with Crippen LogP contribution in [0.4, 0.5) is 11.4 Å². The molecular formula is C27H22N2O5. The van der Waals surface area contributed by atoms with Crippen molar-refractivity contribution in [2.75, 3.05) is 23.0 Å². The highest BCUT2D eigenvalue weighted by Crippen LogP contribution is 2.31. The van der Waals surface area contributed by atoms with Gasteiger partial charge in [-0.2, -0.15) is 0 Å². The molecule has 170 valence electrons. The van der Waals surface area contributed by atoms with Crippen LogP contribution in [0.25, 0.3) is 0 Å². The first-order valence-electron chi connectivity index (χ1n) is 11.1. The summed E-state index contributed by atoms with van der Waals surface area (Å²) >= 11 is 0. The maximum atomic E-state index is 13.0. The third-order valence-electron chi connectivity index (χ3n) is 6.22. The van der Waals surface area contributed by atoms with Gasteiger partial charge in [0, 0.05) is 12.2 Å². The molecule has 2 heterocycles. The standard InChI is InChI=1S/C27H22N2O5/c1-17-7-2-4-10-22(17)29-25(31)20-13-12-19(15-21(20)26(29)32)27(33)34-16-24(30)28-14-6-9-18-8-3-5-11-23(18)28/h2-5,7-8,10-13,15H,6,9,14,16H2,1H3. The lowest BCUT2D eigenvalue weighted by Gasteiger charge is -2.29. The van der Waals surface area contributed by atoms with E-state index < -0.39 is 24.4 Å². The molecule has 0 aliphatic carbocycles. The van der Waals surface area contributed by atoms with Crippen molar-refractivity contribution in [3.05, 3.63) is 94.5 Å². The summed E-state index contributed by atoms with van der Waals surface area (Å²) in [5.41, 5.74) is 3.70. The number of esters is 1. The average Bonchev–Trinajstić information content (AvgIpc) is 3.11. The second-order valence-electron chi connectivity index (χ2n) is 8.35. The van der Waals surface area contributed by atoms with E-state index in [0.29, 0.717) is 12.2 Å². The van der Waals surface area contributed by atoms with Gasteiger partial charge in [0.2, 0.25) is 0 Å². The van der Waals surface area contributed by atoms with E-state index in [2.05, 4.69) is 0 Å². The van der Waals surface area contributed by atoms with E-state index in [9.17, 15) is 19.2 Å². The fourth-order valence-electron chi connectivity index (χ4n) is 4.48. The number of anilines is 2. The topological polar surface area (TPSA) is 84.0 Å². The van der Waals surface area contributed by atoms with Crippen molar-refractivity contribution in [1.29, 1.82) is 0 Å². The van der Waals surface area contributed by atoms with Crippen LogP contribution in [0.3, 0.4) is 0 Å². The molecular weight excluding hydrogens is 432 g/mol. The largest absolute Gasteiger partial charge is 0.452 e. The van der Waals surface area contributed by atoms with Gasteiger partial charge in [0.15, 0.2) is 6.61 Å². The molecule has 0 spiro atoms. The van der Waals surface area contributed by atoms with E-state index in [1.54, 1.807) is 17.0 Å². The van der Waals surface area contributed by atoms with Crippen LogP contribution in [0.5, 0.6) is 0 Å². The molecule has 0 bridgehead atoms. The first kappa shape index (κ1) is 21.6. The maximum Gasteiger partial charge on any atom is 0.338 e. The van der Waals surface area contributed by atoms with Crippen LogP contribution in [0, 0.1) is 6.92 Å². The number of amides is 3. The smallest absolute Gasteiger partial charge is 0.338 e. The molecule has 0 saturated carbocycles. The lowest BCUT2D eigenvalue weighted by Crippen LogP contribution is -2.38. The third kappa shape index (κ3) is 3.65. The average molecular weight is 454 g/mol. The normalized spacial score (nSPS) is 14.6. The molecule has 2 aliphatic heterocycles. The molecule has 0 atom stereocenters. The van der Waals surface area contributed by atoms with Gasteiger partial charge in [0.25, 0.3) is 17.7 Å². The van der Waals surface area contributed by atoms with E-state index >= 15 is 0 Å². The Kier molecular flexibility index (Phi) is 5.45. The fourth-order valence-corrected chi connectivity index (χ4v) is 4.48. The molecule has 0 fully saturated rings. The number of rotatable bonds is 4. The molecule has 0 radical (unpaired) electrons. The number of para-hydroxylation sites is 2. The van der Waals surface area contributed by atoms with Crippen LogP contribution in [0.2, 0.25) is 0 Å². The third-order valence-corrected chi connectivity index (χ3v) is 6.22. The molecule has 3 amide bonds. The quantitative estimate of drug-likeness (QED) is 0.441. The van der Waals surface area contributed by atoms with Gasteiger partial charge in [-0.1, -0.05) is 36.4 Å². The van der Waals surface area contributed by atoms with Gasteiger partial charge in [-0.05, 0) is 61.2 Å². The minimum atomic E-state index is -0.726. The van der Waals surface area contributed by atoms with Crippen molar-refractivity contribution in [2.45, 2.75) is 19.8 Å². The van der Waals surface area contributed by atoms with Crippen molar-refractivity contribution in [3.8, 4) is 0 Å². The Morgan fingerprint density at radius 1 is 0.882 bits per heavy atom. The highest BCUT2D eigenvalue weighted by Gasteiger charge is 2.38. The van der Waals surface area contributed by atoms with Gasteiger partial charge < -0.3 is 9.64 Å². The molecule has 3 aromatic rings. The molecule has 2 aliphatic rings. The van der Waals surface area contributed by atoms with Gasteiger partial charge in [-0.25, -0.2) is 9.69 Å². The van der Waals surface area contributed by atoms with Crippen molar-refractivity contribution >= 4 is 35.1 Å². The van der Waals surface area contributed by atoms with Gasteiger partial charge >= 0.3 is 5.97 Å². The molecule has 5 rings (SSSR count). The van der Waals surface area contributed by atoms with Crippen LogP contribution in [0.1, 0.15) is 48.6 Å². The van der Waals surface area contributed by atoms with Crippen molar-refractivity contribution in [3.63, 3.8) is 0 Å². The van der Waals surface area contributed by atoms with E-state index in [0.717, 1.165) is 34.6 Å². The molecule has 0 aromatic heterocycles. The lowest BCUT2D eigenvalue weighted by atomic mass is 10.0. The molecule has 7 nitrogen and oxygen atoms in total. The Morgan fingerprint density at radius 3 is 2.38 bits per heavy atom. The SMILES string of the molecule is Cc1ccccc1N1C(=O)c2ccc(C(=O)OCC(=O)N3CCCc4ccccc43)cc2C1=O. The number of carbonyl (C=O) groups is 4. The number of carbonyl (C=O) groups excluding carboxylic acids is 4. The van der Waals surface area contributed by atoms with Gasteiger partial charge in [-0.3, -0.25) is 14.4 Å². The number of aryl methyl sites for hydroxylation is 2. The highest BCUT2D eigenvalue weighted by molar-refractivity contribution is 6.35. The molecule has 0 saturated heterocycles. The van der Waals surface area contributed by atoms with Gasteiger partial charge in [0.1, 0.15) is 0 Å². The zero-order chi connectivity index (χ0) is 23.8. The Morgan fingerprint density at radius 2 is 1.59 bits per heavy atom. The lowest BCUT2D eigenvalue weighted by molar-refractivity contribution is -0.121. The fraction of sp³-hybridized carbons (Fsp3) is 0.185. The summed E-state index contributed by atoms with van der Waals surface area (Å²) in [5, 5.41) is 0. The Bertz CT molecular complexity index is 1350. The van der Waals surface area contributed by atoms with Crippen LogP contribution >= 0.6 is 0 Å². The van der Waals surface area contributed by atoms with E-state index in [1.807, 2.05) is 43.3 Å². The molecule has 7 heteroatoms. The Hall–Kier alpha value is -4.26. The minimum Gasteiger partial charge on any atom is -0.452 e. The summed E-state index contributed by atoms with van der Waals surface area (Å²) in [4.78, 5) is 54.1. The number of nitrogens with zero attached hydrogens (tertiary/aromatic N) is 2. The second-order valence-corrected chi connectivity index (χ2v) is 8.35. The van der Waals surface area contributed by atoms with Crippen LogP contribution < -0.4 is 9.80 Å². The van der Waals surface area contributed by atoms with Crippen molar-refractivity contribution in [2.24, 2.45) is 0 Å². The Labute approximate surface area is 196 Å². The molecule has 3 aromatic carbocycles. The first-order chi connectivity index (χ1) is 16.5.